The number of aryl methyl sites for hydroxylation is 1. The first-order valence-corrected chi connectivity index (χ1v) is 7.39. The summed E-state index contributed by atoms with van der Waals surface area (Å²) in [4.78, 5) is 13.1. The smallest absolute Gasteiger partial charge is 0.166 e. The average molecular weight is 305 g/mol. The van der Waals surface area contributed by atoms with Gasteiger partial charge in [-0.25, -0.2) is 15.0 Å². The molecule has 0 aliphatic heterocycles. The Morgan fingerprint density at radius 2 is 2.18 bits per heavy atom. The number of anilines is 1. The van der Waals surface area contributed by atoms with Crippen LogP contribution in [0.4, 0.5) is 5.82 Å². The minimum Gasteiger partial charge on any atom is -0.396 e. The maximum absolute atomic E-state index is 10.4. The second-order valence-electron chi connectivity index (χ2n) is 6.32. The first-order chi connectivity index (χ1) is 10.5. The van der Waals surface area contributed by atoms with Crippen molar-refractivity contribution in [3.8, 4) is 0 Å². The van der Waals surface area contributed by atoms with Gasteiger partial charge in [0.25, 0.3) is 0 Å². The number of aliphatic hydroxyl groups is 3. The van der Waals surface area contributed by atoms with Crippen LogP contribution in [0.5, 0.6) is 0 Å². The summed E-state index contributed by atoms with van der Waals surface area (Å²) in [7, 11) is 1.77. The van der Waals surface area contributed by atoms with Crippen molar-refractivity contribution in [3.63, 3.8) is 0 Å². The van der Waals surface area contributed by atoms with Gasteiger partial charge < -0.3 is 25.2 Å². The Labute approximate surface area is 126 Å². The number of nitrogens with one attached hydrogen (secondary N) is 1. The summed E-state index contributed by atoms with van der Waals surface area (Å²) in [5, 5.41) is 33.3. The number of aromatic nitrogens is 4. The second kappa shape index (κ2) is 4.37. The molecule has 0 saturated heterocycles. The van der Waals surface area contributed by atoms with E-state index < -0.39 is 17.6 Å². The zero-order chi connectivity index (χ0) is 15.6. The van der Waals surface area contributed by atoms with Crippen LogP contribution >= 0.6 is 0 Å². The van der Waals surface area contributed by atoms with Crippen LogP contribution in [0.1, 0.15) is 18.3 Å². The molecule has 22 heavy (non-hydrogen) atoms. The largest absolute Gasteiger partial charge is 0.396 e. The van der Waals surface area contributed by atoms with Crippen LogP contribution in [-0.4, -0.2) is 60.7 Å². The molecule has 0 aromatic carbocycles. The monoisotopic (exact) mass is 305 g/mol. The van der Waals surface area contributed by atoms with Gasteiger partial charge in [-0.2, -0.15) is 0 Å². The summed E-state index contributed by atoms with van der Waals surface area (Å²) < 4.78 is 1.81. The Morgan fingerprint density at radius 3 is 2.82 bits per heavy atom. The minimum absolute atomic E-state index is 0.0354. The van der Waals surface area contributed by atoms with Gasteiger partial charge in [-0.1, -0.05) is 0 Å². The molecule has 2 saturated carbocycles. The second-order valence-corrected chi connectivity index (χ2v) is 6.32. The van der Waals surface area contributed by atoms with Gasteiger partial charge in [-0.15, -0.1) is 0 Å². The number of hydrogen-bond donors (Lipinski definition) is 4. The Morgan fingerprint density at radius 1 is 1.41 bits per heavy atom. The molecule has 1 unspecified atom stereocenters. The van der Waals surface area contributed by atoms with Crippen molar-refractivity contribution in [3.05, 3.63) is 12.2 Å². The van der Waals surface area contributed by atoms with E-state index in [2.05, 4.69) is 20.3 Å². The predicted molar refractivity (Wildman–Crippen MR) is 78.3 cm³/mol. The third-order valence-corrected chi connectivity index (χ3v) is 5.24. The zero-order valence-electron chi connectivity index (χ0n) is 12.4. The summed E-state index contributed by atoms with van der Waals surface area (Å²) in [6.07, 6.45) is 0.481. The Balaban J connectivity index is 1.84. The van der Waals surface area contributed by atoms with Gasteiger partial charge in [0.05, 0.1) is 25.1 Å². The van der Waals surface area contributed by atoms with Crippen molar-refractivity contribution in [1.29, 1.82) is 0 Å². The standard InChI is InChI=1S/C14H19N5O3/c1-6-17-12(15-2)8-13(18-6)19(5-16-8)9-7-3-14(7,4-20)11(22)10(9)21/h5,7,9-11,20-22H,3-4H2,1-2H3,(H,15,17,18)/t7-,9-,10-,11?,14+/m1/s1. The van der Waals surface area contributed by atoms with Crippen molar-refractivity contribution in [1.82, 2.24) is 19.5 Å². The molecular formula is C14H19N5O3. The molecule has 2 aromatic heterocycles. The van der Waals surface area contributed by atoms with Crippen molar-refractivity contribution >= 4 is 17.0 Å². The molecule has 8 heteroatoms. The van der Waals surface area contributed by atoms with Gasteiger partial charge in [0.1, 0.15) is 17.4 Å². The highest BCUT2D eigenvalue weighted by Gasteiger charge is 2.71. The normalized spacial score (nSPS) is 36.6. The first kappa shape index (κ1) is 13.9. The summed E-state index contributed by atoms with van der Waals surface area (Å²) in [5.74, 6) is 1.28. The van der Waals surface area contributed by atoms with E-state index in [0.29, 0.717) is 29.2 Å². The van der Waals surface area contributed by atoms with Crippen molar-refractivity contribution < 1.29 is 15.3 Å². The van der Waals surface area contributed by atoms with Gasteiger partial charge in [-0.05, 0) is 19.3 Å². The molecule has 2 aliphatic carbocycles. The quantitative estimate of drug-likeness (QED) is 0.601. The highest BCUT2D eigenvalue weighted by molar-refractivity contribution is 5.83. The number of aliphatic hydroxyl groups excluding tert-OH is 3. The van der Waals surface area contributed by atoms with Crippen LogP contribution < -0.4 is 5.32 Å². The molecule has 4 N–H and O–H groups in total. The molecule has 8 nitrogen and oxygen atoms in total. The summed E-state index contributed by atoms with van der Waals surface area (Å²) in [6, 6.07) is -0.328. The third-order valence-electron chi connectivity index (χ3n) is 5.24. The predicted octanol–water partition coefficient (Wildman–Crippen LogP) is -0.548. The van der Waals surface area contributed by atoms with E-state index in [1.165, 1.54) is 0 Å². The van der Waals surface area contributed by atoms with Gasteiger partial charge >= 0.3 is 0 Å². The van der Waals surface area contributed by atoms with Crippen LogP contribution in [0.2, 0.25) is 0 Å². The van der Waals surface area contributed by atoms with E-state index in [0.717, 1.165) is 0 Å². The van der Waals surface area contributed by atoms with Crippen molar-refractivity contribution in [2.45, 2.75) is 31.6 Å². The van der Waals surface area contributed by atoms with Gasteiger partial charge in [0.15, 0.2) is 11.5 Å². The molecule has 2 aromatic rings. The van der Waals surface area contributed by atoms with Crippen LogP contribution in [0.3, 0.4) is 0 Å². The van der Waals surface area contributed by atoms with E-state index in [9.17, 15) is 15.3 Å². The summed E-state index contributed by atoms with van der Waals surface area (Å²) in [6.45, 7) is 1.68. The van der Waals surface area contributed by atoms with Crippen molar-refractivity contribution in [2.24, 2.45) is 11.3 Å². The van der Waals surface area contributed by atoms with E-state index >= 15 is 0 Å². The number of hydrogen-bond acceptors (Lipinski definition) is 7. The maximum atomic E-state index is 10.4. The first-order valence-electron chi connectivity index (χ1n) is 7.39. The fraction of sp³-hybridized carbons (Fsp3) is 0.643. The SMILES string of the molecule is CNc1nc(C)nc2c1ncn2[C@@H]1[C@H]2C[C@@]2(CO)C(O)[C@@H]1O. The van der Waals surface area contributed by atoms with Gasteiger partial charge in [-0.3, -0.25) is 0 Å². The summed E-state index contributed by atoms with van der Waals surface area (Å²) in [5.41, 5.74) is 0.694. The van der Waals surface area contributed by atoms with Gasteiger partial charge in [0, 0.05) is 12.5 Å². The molecule has 2 fully saturated rings. The highest BCUT2D eigenvalue weighted by atomic mass is 16.3. The lowest BCUT2D eigenvalue weighted by Gasteiger charge is -2.23. The Kier molecular flexibility index (Phi) is 2.76. The molecule has 118 valence electrons. The molecule has 2 aliphatic rings. The van der Waals surface area contributed by atoms with Crippen LogP contribution in [0.25, 0.3) is 11.2 Å². The van der Waals surface area contributed by atoms with Crippen LogP contribution in [0, 0.1) is 18.3 Å². The van der Waals surface area contributed by atoms with E-state index in [4.69, 9.17) is 0 Å². The molecular weight excluding hydrogens is 286 g/mol. The van der Waals surface area contributed by atoms with E-state index in [-0.39, 0.29) is 18.6 Å². The molecule has 4 rings (SSSR count). The Bertz CT molecular complexity index is 747. The summed E-state index contributed by atoms with van der Waals surface area (Å²) >= 11 is 0. The Hall–Kier alpha value is -1.77. The topological polar surface area (TPSA) is 116 Å². The van der Waals surface area contributed by atoms with Gasteiger partial charge in [0.2, 0.25) is 0 Å². The van der Waals surface area contributed by atoms with Crippen LogP contribution in [0.15, 0.2) is 6.33 Å². The number of rotatable bonds is 3. The number of fused-ring (bicyclic) bond motifs is 2. The average Bonchev–Trinajstić information content (AvgIpc) is 3.04. The van der Waals surface area contributed by atoms with E-state index in [1.54, 1.807) is 20.3 Å². The molecule has 0 bridgehead atoms. The molecule has 2 heterocycles. The lowest BCUT2D eigenvalue weighted by Crippen LogP contribution is -2.35. The zero-order valence-corrected chi connectivity index (χ0v) is 12.4. The van der Waals surface area contributed by atoms with Crippen molar-refractivity contribution in [2.75, 3.05) is 19.0 Å². The molecule has 0 amide bonds. The fourth-order valence-electron chi connectivity index (χ4n) is 3.97. The minimum atomic E-state index is -0.934. The lowest BCUT2D eigenvalue weighted by molar-refractivity contribution is -0.0300. The van der Waals surface area contributed by atoms with Crippen LogP contribution in [-0.2, 0) is 0 Å². The third kappa shape index (κ3) is 1.54. The maximum Gasteiger partial charge on any atom is 0.166 e. The highest BCUT2D eigenvalue weighted by Crippen LogP contribution is 2.67. The molecule has 5 atom stereocenters. The van der Waals surface area contributed by atoms with E-state index in [1.807, 2.05) is 4.57 Å². The lowest BCUT2D eigenvalue weighted by atomic mass is 10.0. The molecule has 0 spiro atoms. The number of nitrogens with zero attached hydrogens (tertiary/aromatic N) is 4. The molecule has 0 radical (unpaired) electrons. The fourth-order valence-corrected chi connectivity index (χ4v) is 3.97. The number of imidazole rings is 1.